The van der Waals surface area contributed by atoms with Crippen LogP contribution in [0.15, 0.2) is 29.2 Å². The highest BCUT2D eigenvalue weighted by atomic mass is 32.2. The van der Waals surface area contributed by atoms with Gasteiger partial charge in [-0.1, -0.05) is 18.3 Å². The monoisotopic (exact) mass is 414 g/mol. The molecule has 0 aliphatic carbocycles. The van der Waals surface area contributed by atoms with Crippen LogP contribution in [0.3, 0.4) is 0 Å². The number of amides is 1. The molecule has 1 saturated heterocycles. The third-order valence-corrected chi connectivity index (χ3v) is 6.44. The van der Waals surface area contributed by atoms with E-state index in [0.29, 0.717) is 11.6 Å². The first-order valence-electron chi connectivity index (χ1n) is 8.43. The summed E-state index contributed by atoms with van der Waals surface area (Å²) in [6.07, 6.45) is 1.93. The maximum atomic E-state index is 13.0. The van der Waals surface area contributed by atoms with Gasteiger partial charge in [0.05, 0.1) is 4.90 Å². The maximum absolute atomic E-state index is 13.0. The fourth-order valence-electron chi connectivity index (χ4n) is 2.57. The number of ether oxygens (including phenoxy) is 1. The minimum Gasteiger partial charge on any atom is -0.371 e. The number of carbonyl (C=O) groups is 1. The van der Waals surface area contributed by atoms with Gasteiger partial charge in [-0.15, -0.1) is 10.2 Å². The molecule has 2 aromatic rings. The van der Waals surface area contributed by atoms with Crippen LogP contribution in [-0.4, -0.2) is 37.2 Å². The summed E-state index contributed by atoms with van der Waals surface area (Å²) >= 11 is 1.20. The number of carbonyl (C=O) groups excluding carboxylic acids is 1. The van der Waals surface area contributed by atoms with Crippen molar-refractivity contribution in [2.75, 3.05) is 11.9 Å². The van der Waals surface area contributed by atoms with Crippen LogP contribution in [0.4, 0.5) is 9.52 Å². The Morgan fingerprint density at radius 2 is 2.11 bits per heavy atom. The highest BCUT2D eigenvalue weighted by Gasteiger charge is 2.26. The van der Waals surface area contributed by atoms with Crippen molar-refractivity contribution in [3.05, 3.63) is 35.1 Å². The van der Waals surface area contributed by atoms with Crippen molar-refractivity contribution in [2.45, 2.75) is 43.2 Å². The second-order valence-electron chi connectivity index (χ2n) is 5.97. The van der Waals surface area contributed by atoms with Crippen LogP contribution in [0, 0.1) is 5.82 Å². The third kappa shape index (κ3) is 4.86. The van der Waals surface area contributed by atoms with Gasteiger partial charge in [-0.05, 0) is 43.5 Å². The molecule has 2 atom stereocenters. The Kier molecular flexibility index (Phi) is 6.15. The average Bonchev–Trinajstić information content (AvgIpc) is 3.31. The van der Waals surface area contributed by atoms with Crippen molar-refractivity contribution in [2.24, 2.45) is 0 Å². The van der Waals surface area contributed by atoms with E-state index >= 15 is 0 Å². The van der Waals surface area contributed by atoms with Gasteiger partial charge in [-0.25, -0.2) is 12.8 Å². The van der Waals surface area contributed by atoms with Gasteiger partial charge in [0.1, 0.15) is 23.0 Å². The summed E-state index contributed by atoms with van der Waals surface area (Å²) in [6.45, 7) is 2.35. The molecule has 11 heteroatoms. The number of nitrogens with zero attached hydrogens (tertiary/aromatic N) is 2. The molecule has 1 aliphatic rings. The maximum Gasteiger partial charge on any atom is 0.244 e. The number of hydrogen-bond donors (Lipinski definition) is 2. The number of sulfonamides is 1. The normalized spacial score (nSPS) is 18.4. The van der Waals surface area contributed by atoms with Crippen molar-refractivity contribution in [3.63, 3.8) is 0 Å². The van der Waals surface area contributed by atoms with Crippen LogP contribution < -0.4 is 10.0 Å². The van der Waals surface area contributed by atoms with E-state index in [9.17, 15) is 17.6 Å². The summed E-state index contributed by atoms with van der Waals surface area (Å²) < 4.78 is 45.6. The zero-order valence-corrected chi connectivity index (χ0v) is 16.1. The molecule has 27 heavy (non-hydrogen) atoms. The topological polar surface area (TPSA) is 110 Å². The first-order chi connectivity index (χ1) is 12.9. The molecule has 146 valence electrons. The van der Waals surface area contributed by atoms with E-state index < -0.39 is 27.8 Å². The van der Waals surface area contributed by atoms with Crippen molar-refractivity contribution >= 4 is 32.4 Å². The van der Waals surface area contributed by atoms with Crippen LogP contribution in [-0.2, 0) is 19.6 Å². The SMILES string of the molecule is CCC(NS(=O)(=O)c1ccc(F)cc1)C(=O)Nc1nnc(C2CCCO2)s1. The standard InChI is InChI=1S/C16H19FN4O4S2/c1-2-12(21-27(23,24)11-7-5-10(17)6-8-11)14(22)18-16-20-19-15(26-16)13-4-3-9-25-13/h5-8,12-13,21H,2-4,9H2,1H3,(H,18,20,22). The van der Waals surface area contributed by atoms with Gasteiger partial charge in [-0.2, -0.15) is 4.72 Å². The Hall–Kier alpha value is -1.95. The number of anilines is 1. The second kappa shape index (κ2) is 8.38. The summed E-state index contributed by atoms with van der Waals surface area (Å²) in [5.74, 6) is -1.09. The first kappa shape index (κ1) is 19.8. The molecular weight excluding hydrogens is 395 g/mol. The number of rotatable bonds is 7. The Balaban J connectivity index is 1.66. The van der Waals surface area contributed by atoms with Crippen molar-refractivity contribution in [1.29, 1.82) is 0 Å². The fraction of sp³-hybridized carbons (Fsp3) is 0.438. The molecule has 1 aliphatic heterocycles. The van der Waals surface area contributed by atoms with Gasteiger partial charge < -0.3 is 4.74 Å². The molecule has 2 N–H and O–H groups in total. The molecular formula is C16H19FN4O4S2. The van der Waals surface area contributed by atoms with Crippen molar-refractivity contribution in [3.8, 4) is 0 Å². The van der Waals surface area contributed by atoms with Crippen LogP contribution >= 0.6 is 11.3 Å². The van der Waals surface area contributed by atoms with Crippen LogP contribution in [0.2, 0.25) is 0 Å². The van der Waals surface area contributed by atoms with Crippen LogP contribution in [0.25, 0.3) is 0 Å². The highest BCUT2D eigenvalue weighted by Crippen LogP contribution is 2.31. The Bertz CT molecular complexity index is 895. The Labute approximate surface area is 160 Å². The molecule has 2 heterocycles. The number of hydrogen-bond acceptors (Lipinski definition) is 7. The molecule has 1 aromatic heterocycles. The molecule has 0 saturated carbocycles. The van der Waals surface area contributed by atoms with E-state index in [1.54, 1.807) is 6.92 Å². The van der Waals surface area contributed by atoms with Crippen molar-refractivity contribution in [1.82, 2.24) is 14.9 Å². The molecule has 0 spiro atoms. The Morgan fingerprint density at radius 1 is 1.37 bits per heavy atom. The van der Waals surface area contributed by atoms with E-state index in [0.717, 1.165) is 37.1 Å². The number of aromatic nitrogens is 2. The quantitative estimate of drug-likeness (QED) is 0.719. The first-order valence-corrected chi connectivity index (χ1v) is 10.7. The number of halogens is 1. The van der Waals surface area contributed by atoms with Crippen LogP contribution in [0.1, 0.15) is 37.3 Å². The average molecular weight is 414 g/mol. The van der Waals surface area contributed by atoms with E-state index in [2.05, 4.69) is 20.2 Å². The number of nitrogens with one attached hydrogen (secondary N) is 2. The zero-order valence-electron chi connectivity index (χ0n) is 14.5. The summed E-state index contributed by atoms with van der Waals surface area (Å²) in [5.41, 5.74) is 0. The molecule has 0 radical (unpaired) electrons. The zero-order chi connectivity index (χ0) is 19.4. The molecule has 3 rings (SSSR count). The lowest BCUT2D eigenvalue weighted by molar-refractivity contribution is -0.117. The number of benzene rings is 1. The van der Waals surface area contributed by atoms with E-state index in [1.165, 1.54) is 11.3 Å². The summed E-state index contributed by atoms with van der Waals surface area (Å²) in [5, 5.41) is 11.5. The summed E-state index contributed by atoms with van der Waals surface area (Å²) in [7, 11) is -3.96. The van der Waals surface area contributed by atoms with Gasteiger partial charge in [-0.3, -0.25) is 10.1 Å². The van der Waals surface area contributed by atoms with E-state index in [1.807, 2.05) is 0 Å². The Morgan fingerprint density at radius 3 is 2.74 bits per heavy atom. The summed E-state index contributed by atoms with van der Waals surface area (Å²) in [6, 6.07) is 3.37. The van der Waals surface area contributed by atoms with E-state index in [-0.39, 0.29) is 22.6 Å². The van der Waals surface area contributed by atoms with Gasteiger partial charge in [0.25, 0.3) is 0 Å². The minimum absolute atomic E-state index is 0.105. The lowest BCUT2D eigenvalue weighted by Gasteiger charge is -2.16. The highest BCUT2D eigenvalue weighted by molar-refractivity contribution is 7.89. The van der Waals surface area contributed by atoms with Crippen molar-refractivity contribution < 1.29 is 22.3 Å². The molecule has 1 fully saturated rings. The molecule has 2 unspecified atom stereocenters. The molecule has 8 nitrogen and oxygen atoms in total. The van der Waals surface area contributed by atoms with Gasteiger partial charge >= 0.3 is 0 Å². The fourth-order valence-corrected chi connectivity index (χ4v) is 4.68. The smallest absolute Gasteiger partial charge is 0.244 e. The minimum atomic E-state index is -3.96. The van der Waals surface area contributed by atoms with Gasteiger partial charge in [0.15, 0.2) is 0 Å². The summed E-state index contributed by atoms with van der Waals surface area (Å²) in [4.78, 5) is 12.3. The van der Waals surface area contributed by atoms with Crippen LogP contribution in [0.5, 0.6) is 0 Å². The molecule has 1 aromatic carbocycles. The lowest BCUT2D eigenvalue weighted by Crippen LogP contribution is -2.43. The van der Waals surface area contributed by atoms with E-state index in [4.69, 9.17) is 4.74 Å². The van der Waals surface area contributed by atoms with Gasteiger partial charge in [0, 0.05) is 6.61 Å². The molecule has 0 bridgehead atoms. The second-order valence-corrected chi connectivity index (χ2v) is 8.70. The largest absolute Gasteiger partial charge is 0.371 e. The predicted octanol–water partition coefficient (Wildman–Crippen LogP) is 2.22. The third-order valence-electron chi connectivity index (χ3n) is 4.02. The lowest BCUT2D eigenvalue weighted by atomic mass is 10.2. The molecule has 1 amide bonds. The predicted molar refractivity (Wildman–Crippen MR) is 97.3 cm³/mol. The van der Waals surface area contributed by atoms with Gasteiger partial charge in [0.2, 0.25) is 21.1 Å².